The normalized spacial score (nSPS) is 10.2. The number of nitrogens with zero attached hydrogens (tertiary/aromatic N) is 1. The number of hydrogen-bond acceptors (Lipinski definition) is 4. The lowest BCUT2D eigenvalue weighted by Crippen LogP contribution is -2.13. The van der Waals surface area contributed by atoms with Gasteiger partial charge in [-0.05, 0) is 37.1 Å². The molecule has 0 saturated carbocycles. The molecule has 0 bridgehead atoms. The summed E-state index contributed by atoms with van der Waals surface area (Å²) >= 11 is 0. The van der Waals surface area contributed by atoms with E-state index in [1.54, 1.807) is 12.1 Å². The van der Waals surface area contributed by atoms with Gasteiger partial charge in [-0.1, -0.05) is 12.1 Å². The van der Waals surface area contributed by atoms with E-state index in [0.29, 0.717) is 11.6 Å². The predicted molar refractivity (Wildman–Crippen MR) is 85.7 cm³/mol. The Morgan fingerprint density at radius 1 is 1.17 bits per heavy atom. The van der Waals surface area contributed by atoms with Crippen LogP contribution in [-0.4, -0.2) is 22.0 Å². The second-order valence-electron chi connectivity index (χ2n) is 5.13. The molecular weight excluding hydrogens is 296 g/mol. The Labute approximate surface area is 134 Å². The summed E-state index contributed by atoms with van der Waals surface area (Å²) in [6.45, 7) is 3.98. The third-order valence-electron chi connectivity index (χ3n) is 3.36. The fourth-order valence-electron chi connectivity index (χ4n) is 1.91. The van der Waals surface area contributed by atoms with E-state index in [1.165, 1.54) is 6.20 Å². The first-order valence-electron chi connectivity index (χ1n) is 7.17. The first kappa shape index (κ1) is 16.5. The van der Waals surface area contributed by atoms with Crippen LogP contribution in [0.4, 0.5) is 5.69 Å². The van der Waals surface area contributed by atoms with E-state index in [-0.39, 0.29) is 18.7 Å². The van der Waals surface area contributed by atoms with Crippen molar-refractivity contribution in [2.45, 2.75) is 26.7 Å². The van der Waals surface area contributed by atoms with Crippen LogP contribution in [-0.2, 0) is 9.59 Å². The average molecular weight is 314 g/mol. The lowest BCUT2D eigenvalue weighted by Gasteiger charge is -2.10. The standard InChI is InChI=1S/C17H18N2O4/c1-11-4-3-5-14(12(11)2)23-16-8-6-13(10-18-16)19-15(20)7-9-17(21)22/h3-6,8,10H,7,9H2,1-2H3,(H,19,20)(H,21,22). The predicted octanol–water partition coefficient (Wildman–Crippen LogP) is 3.29. The van der Waals surface area contributed by atoms with Gasteiger partial charge >= 0.3 is 5.97 Å². The number of carbonyl (C=O) groups is 2. The number of nitrogens with one attached hydrogen (secondary N) is 1. The van der Waals surface area contributed by atoms with Crippen LogP contribution in [0.15, 0.2) is 36.5 Å². The minimum Gasteiger partial charge on any atom is -0.481 e. The van der Waals surface area contributed by atoms with Crippen molar-refractivity contribution in [3.8, 4) is 11.6 Å². The third-order valence-corrected chi connectivity index (χ3v) is 3.36. The molecule has 0 spiro atoms. The van der Waals surface area contributed by atoms with Gasteiger partial charge in [-0.25, -0.2) is 4.98 Å². The minimum atomic E-state index is -1.00. The van der Waals surface area contributed by atoms with Gasteiger partial charge in [-0.3, -0.25) is 9.59 Å². The van der Waals surface area contributed by atoms with E-state index in [9.17, 15) is 9.59 Å². The number of rotatable bonds is 6. The molecule has 2 aromatic rings. The SMILES string of the molecule is Cc1cccc(Oc2ccc(NC(=O)CCC(=O)O)cn2)c1C. The summed E-state index contributed by atoms with van der Waals surface area (Å²) < 4.78 is 5.73. The van der Waals surface area contributed by atoms with Crippen molar-refractivity contribution in [2.24, 2.45) is 0 Å². The van der Waals surface area contributed by atoms with Gasteiger partial charge in [-0.15, -0.1) is 0 Å². The number of carboxylic acids is 1. The summed E-state index contributed by atoms with van der Waals surface area (Å²) in [5, 5.41) is 11.1. The number of hydrogen-bond donors (Lipinski definition) is 2. The van der Waals surface area contributed by atoms with E-state index in [2.05, 4.69) is 10.3 Å². The number of aliphatic carboxylic acids is 1. The molecule has 1 aromatic heterocycles. The second kappa shape index (κ2) is 7.40. The molecule has 1 aromatic carbocycles. The summed E-state index contributed by atoms with van der Waals surface area (Å²) in [6.07, 6.45) is 1.20. The molecule has 2 rings (SSSR count). The topological polar surface area (TPSA) is 88.5 Å². The summed E-state index contributed by atoms with van der Waals surface area (Å²) in [6, 6.07) is 9.09. The van der Waals surface area contributed by atoms with E-state index >= 15 is 0 Å². The van der Waals surface area contributed by atoms with Gasteiger partial charge < -0.3 is 15.2 Å². The van der Waals surface area contributed by atoms with Gasteiger partial charge in [0.05, 0.1) is 18.3 Å². The van der Waals surface area contributed by atoms with Crippen LogP contribution >= 0.6 is 0 Å². The van der Waals surface area contributed by atoms with Crippen LogP contribution in [0.1, 0.15) is 24.0 Å². The smallest absolute Gasteiger partial charge is 0.303 e. The summed E-state index contributed by atoms with van der Waals surface area (Å²) in [4.78, 5) is 26.1. The molecule has 6 nitrogen and oxygen atoms in total. The highest BCUT2D eigenvalue weighted by Crippen LogP contribution is 2.26. The largest absolute Gasteiger partial charge is 0.481 e. The van der Waals surface area contributed by atoms with Gasteiger partial charge in [0.15, 0.2) is 0 Å². The van der Waals surface area contributed by atoms with Crippen molar-refractivity contribution in [2.75, 3.05) is 5.32 Å². The van der Waals surface area contributed by atoms with Gasteiger partial charge in [0.1, 0.15) is 5.75 Å². The quantitative estimate of drug-likeness (QED) is 0.854. The molecule has 0 radical (unpaired) electrons. The fourth-order valence-corrected chi connectivity index (χ4v) is 1.91. The van der Waals surface area contributed by atoms with Crippen LogP contribution in [0.2, 0.25) is 0 Å². The third kappa shape index (κ3) is 4.81. The van der Waals surface area contributed by atoms with Gasteiger partial charge in [0, 0.05) is 12.5 Å². The number of pyridine rings is 1. The van der Waals surface area contributed by atoms with Crippen molar-refractivity contribution in [1.29, 1.82) is 0 Å². The molecule has 0 saturated heterocycles. The van der Waals surface area contributed by atoms with Crippen LogP contribution in [0, 0.1) is 13.8 Å². The van der Waals surface area contributed by atoms with Crippen molar-refractivity contribution >= 4 is 17.6 Å². The Balaban J connectivity index is 1.98. The van der Waals surface area contributed by atoms with E-state index in [4.69, 9.17) is 9.84 Å². The number of anilines is 1. The molecule has 2 N–H and O–H groups in total. The maximum absolute atomic E-state index is 11.5. The van der Waals surface area contributed by atoms with Crippen LogP contribution in [0.3, 0.4) is 0 Å². The van der Waals surface area contributed by atoms with E-state index < -0.39 is 5.97 Å². The zero-order valence-electron chi connectivity index (χ0n) is 13.0. The van der Waals surface area contributed by atoms with Crippen LogP contribution < -0.4 is 10.1 Å². The molecule has 0 aliphatic heterocycles. The molecule has 0 fully saturated rings. The number of carbonyl (C=O) groups excluding carboxylic acids is 1. The Kier molecular flexibility index (Phi) is 5.30. The Morgan fingerprint density at radius 3 is 2.61 bits per heavy atom. The number of aryl methyl sites for hydroxylation is 1. The Bertz CT molecular complexity index is 711. The summed E-state index contributed by atoms with van der Waals surface area (Å²) in [5.74, 6) is -0.217. The number of amides is 1. The molecule has 0 aliphatic rings. The van der Waals surface area contributed by atoms with Gasteiger partial charge in [0.25, 0.3) is 0 Å². The first-order chi connectivity index (χ1) is 11.0. The number of benzene rings is 1. The van der Waals surface area contributed by atoms with Crippen LogP contribution in [0.5, 0.6) is 11.6 Å². The maximum atomic E-state index is 11.5. The monoisotopic (exact) mass is 314 g/mol. The van der Waals surface area contributed by atoms with Crippen LogP contribution in [0.25, 0.3) is 0 Å². The Morgan fingerprint density at radius 2 is 1.96 bits per heavy atom. The Hall–Kier alpha value is -2.89. The molecule has 1 amide bonds. The first-order valence-corrected chi connectivity index (χ1v) is 7.17. The highest BCUT2D eigenvalue weighted by atomic mass is 16.5. The molecule has 0 unspecified atom stereocenters. The maximum Gasteiger partial charge on any atom is 0.303 e. The number of aromatic nitrogens is 1. The molecule has 0 aliphatic carbocycles. The highest BCUT2D eigenvalue weighted by Gasteiger charge is 2.07. The summed E-state index contributed by atoms with van der Waals surface area (Å²) in [5.41, 5.74) is 2.67. The van der Waals surface area contributed by atoms with E-state index in [1.807, 2.05) is 32.0 Å². The molecule has 120 valence electrons. The van der Waals surface area contributed by atoms with Crippen molar-refractivity contribution < 1.29 is 19.4 Å². The highest BCUT2D eigenvalue weighted by molar-refractivity contribution is 5.92. The lowest BCUT2D eigenvalue weighted by molar-refractivity contribution is -0.138. The van der Waals surface area contributed by atoms with Gasteiger partial charge in [-0.2, -0.15) is 0 Å². The fraction of sp³-hybridized carbons (Fsp3) is 0.235. The molecule has 1 heterocycles. The van der Waals surface area contributed by atoms with Crippen molar-refractivity contribution in [3.05, 3.63) is 47.7 Å². The molecule has 6 heteroatoms. The molecular formula is C17H18N2O4. The van der Waals surface area contributed by atoms with Crippen molar-refractivity contribution in [3.63, 3.8) is 0 Å². The zero-order chi connectivity index (χ0) is 16.8. The summed E-state index contributed by atoms with van der Waals surface area (Å²) in [7, 11) is 0. The lowest BCUT2D eigenvalue weighted by atomic mass is 10.1. The zero-order valence-corrected chi connectivity index (χ0v) is 13.0. The molecule has 0 atom stereocenters. The molecule has 23 heavy (non-hydrogen) atoms. The second-order valence-corrected chi connectivity index (χ2v) is 5.13. The van der Waals surface area contributed by atoms with Crippen molar-refractivity contribution in [1.82, 2.24) is 4.98 Å². The van der Waals surface area contributed by atoms with Gasteiger partial charge in [0.2, 0.25) is 11.8 Å². The average Bonchev–Trinajstić information content (AvgIpc) is 2.52. The number of ether oxygens (including phenoxy) is 1. The number of carboxylic acid groups (broad SMARTS) is 1. The van der Waals surface area contributed by atoms with E-state index in [0.717, 1.165) is 16.9 Å². The minimum absolute atomic E-state index is 0.0733.